The second-order valence-electron chi connectivity index (χ2n) is 5.75. The summed E-state index contributed by atoms with van der Waals surface area (Å²) in [5.41, 5.74) is 6.09. The van der Waals surface area contributed by atoms with Gasteiger partial charge in [0.2, 0.25) is 0 Å². The van der Waals surface area contributed by atoms with Gasteiger partial charge in [0.1, 0.15) is 17.4 Å². The number of rotatable bonds is 3. The first-order valence-electron chi connectivity index (χ1n) is 7.40. The molecule has 2 N–H and O–H groups in total. The maximum atomic E-state index is 14.5. The molecule has 0 amide bonds. The minimum absolute atomic E-state index is 0.256. The summed E-state index contributed by atoms with van der Waals surface area (Å²) in [6.45, 7) is 1.81. The smallest absolute Gasteiger partial charge is 0.154 e. The van der Waals surface area contributed by atoms with Crippen molar-refractivity contribution in [2.75, 3.05) is 12.9 Å². The van der Waals surface area contributed by atoms with Crippen LogP contribution in [0.4, 0.5) is 8.78 Å². The van der Waals surface area contributed by atoms with E-state index in [-0.39, 0.29) is 5.56 Å². The standard InChI is InChI=1S/C17H17F2N3OS/c1-17(3-4-24-16(20)22-17)13-6-12(14(18)7-15(13)19)10-5-11(23-2)9-21-8-10/h5-9H,3-4H2,1-2H3,(H2,20,22). The minimum atomic E-state index is -0.811. The average molecular weight is 349 g/mol. The van der Waals surface area contributed by atoms with Crippen molar-refractivity contribution in [3.8, 4) is 16.9 Å². The van der Waals surface area contributed by atoms with Gasteiger partial charge in [0.15, 0.2) is 5.17 Å². The molecule has 1 aromatic heterocycles. The number of thioether (sulfide) groups is 1. The highest BCUT2D eigenvalue weighted by molar-refractivity contribution is 8.13. The summed E-state index contributed by atoms with van der Waals surface area (Å²) in [5.74, 6) is -0.0472. The van der Waals surface area contributed by atoms with Gasteiger partial charge < -0.3 is 10.5 Å². The Morgan fingerprint density at radius 3 is 2.71 bits per heavy atom. The SMILES string of the molecule is COc1cncc(-c2cc(C3(C)CCSC(N)=N3)c(F)cc2F)c1. The van der Waals surface area contributed by atoms with E-state index in [4.69, 9.17) is 10.5 Å². The lowest BCUT2D eigenvalue weighted by atomic mass is 9.87. The number of hydrogen-bond donors (Lipinski definition) is 1. The lowest BCUT2D eigenvalue weighted by Gasteiger charge is -2.30. The number of methoxy groups -OCH3 is 1. The van der Waals surface area contributed by atoms with Gasteiger partial charge in [-0.25, -0.2) is 8.78 Å². The van der Waals surface area contributed by atoms with Gasteiger partial charge in [-0.1, -0.05) is 11.8 Å². The van der Waals surface area contributed by atoms with Gasteiger partial charge in [-0.3, -0.25) is 9.98 Å². The van der Waals surface area contributed by atoms with Crippen LogP contribution in [0.15, 0.2) is 35.6 Å². The monoisotopic (exact) mass is 349 g/mol. The van der Waals surface area contributed by atoms with Gasteiger partial charge >= 0.3 is 0 Å². The number of nitrogens with two attached hydrogens (primary N) is 1. The van der Waals surface area contributed by atoms with Gasteiger partial charge in [0.25, 0.3) is 0 Å². The maximum Gasteiger partial charge on any atom is 0.154 e. The van der Waals surface area contributed by atoms with Gasteiger partial charge in [-0.2, -0.15) is 0 Å². The molecule has 1 aliphatic rings. The minimum Gasteiger partial charge on any atom is -0.495 e. The first-order chi connectivity index (χ1) is 11.4. The lowest BCUT2D eigenvalue weighted by molar-refractivity contribution is 0.413. The zero-order valence-corrected chi connectivity index (χ0v) is 14.2. The highest BCUT2D eigenvalue weighted by Crippen LogP contribution is 2.39. The van der Waals surface area contributed by atoms with Crippen molar-refractivity contribution in [2.24, 2.45) is 10.7 Å². The molecule has 4 nitrogen and oxygen atoms in total. The van der Waals surface area contributed by atoms with Crippen molar-refractivity contribution in [1.29, 1.82) is 0 Å². The van der Waals surface area contributed by atoms with Crippen LogP contribution in [0.5, 0.6) is 5.75 Å². The molecule has 0 spiro atoms. The van der Waals surface area contributed by atoms with Gasteiger partial charge in [0, 0.05) is 34.7 Å². The van der Waals surface area contributed by atoms with E-state index in [1.54, 1.807) is 6.07 Å². The Labute approximate surface area is 143 Å². The molecule has 1 atom stereocenters. The number of benzene rings is 1. The van der Waals surface area contributed by atoms with E-state index >= 15 is 0 Å². The number of aliphatic imine (C=N–C) groups is 1. The van der Waals surface area contributed by atoms with Crippen molar-refractivity contribution in [3.63, 3.8) is 0 Å². The Balaban J connectivity index is 2.14. The molecule has 1 aliphatic heterocycles. The molecule has 1 aromatic carbocycles. The zero-order chi connectivity index (χ0) is 17.3. The highest BCUT2D eigenvalue weighted by Gasteiger charge is 2.33. The van der Waals surface area contributed by atoms with Crippen molar-refractivity contribution >= 4 is 16.9 Å². The van der Waals surface area contributed by atoms with Crippen LogP contribution >= 0.6 is 11.8 Å². The Morgan fingerprint density at radius 1 is 1.21 bits per heavy atom. The average Bonchev–Trinajstić information content (AvgIpc) is 2.54. The Hall–Kier alpha value is -2.15. The summed E-state index contributed by atoms with van der Waals surface area (Å²) in [7, 11) is 1.51. The number of hydrogen-bond acceptors (Lipinski definition) is 5. The largest absolute Gasteiger partial charge is 0.495 e. The van der Waals surface area contributed by atoms with E-state index in [1.165, 1.54) is 37.3 Å². The van der Waals surface area contributed by atoms with Gasteiger partial charge in [-0.15, -0.1) is 0 Å². The molecule has 126 valence electrons. The summed E-state index contributed by atoms with van der Waals surface area (Å²) >= 11 is 1.43. The molecule has 1 unspecified atom stereocenters. The van der Waals surface area contributed by atoms with E-state index in [2.05, 4.69) is 9.98 Å². The van der Waals surface area contributed by atoms with Crippen LogP contribution in [0.25, 0.3) is 11.1 Å². The van der Waals surface area contributed by atoms with Crippen LogP contribution in [0.2, 0.25) is 0 Å². The fourth-order valence-corrected chi connectivity index (χ4v) is 3.72. The van der Waals surface area contributed by atoms with Gasteiger partial charge in [0.05, 0.1) is 18.8 Å². The first kappa shape index (κ1) is 16.7. The third-order valence-corrected chi connectivity index (χ3v) is 4.89. The molecule has 0 bridgehead atoms. The number of nitrogens with zero attached hydrogens (tertiary/aromatic N) is 2. The number of aromatic nitrogens is 1. The highest BCUT2D eigenvalue weighted by atomic mass is 32.2. The van der Waals surface area contributed by atoms with Crippen molar-refractivity contribution in [1.82, 2.24) is 4.98 Å². The Morgan fingerprint density at radius 2 is 2.00 bits per heavy atom. The van der Waals surface area contributed by atoms with Crippen molar-refractivity contribution < 1.29 is 13.5 Å². The van der Waals surface area contributed by atoms with Crippen molar-refractivity contribution in [2.45, 2.75) is 18.9 Å². The molecule has 7 heteroatoms. The predicted octanol–water partition coefficient (Wildman–Crippen LogP) is 3.70. The van der Waals surface area contributed by atoms with E-state index < -0.39 is 17.2 Å². The van der Waals surface area contributed by atoms with Crippen LogP contribution in [0, 0.1) is 11.6 Å². The fourth-order valence-electron chi connectivity index (χ4n) is 2.74. The van der Waals surface area contributed by atoms with Crippen LogP contribution in [0.1, 0.15) is 18.9 Å². The van der Waals surface area contributed by atoms with E-state index in [0.29, 0.717) is 28.5 Å². The summed E-state index contributed by atoms with van der Waals surface area (Å²) in [5, 5.41) is 0.414. The molecule has 3 rings (SSSR count). The number of ether oxygens (including phenoxy) is 1. The second kappa shape index (κ2) is 6.39. The molecule has 24 heavy (non-hydrogen) atoms. The first-order valence-corrected chi connectivity index (χ1v) is 8.38. The topological polar surface area (TPSA) is 60.5 Å². The fraction of sp³-hybridized carbons (Fsp3) is 0.294. The van der Waals surface area contributed by atoms with E-state index in [0.717, 1.165) is 11.8 Å². The Bertz CT molecular complexity index is 812. The predicted molar refractivity (Wildman–Crippen MR) is 92.2 cm³/mol. The summed E-state index contributed by atoms with van der Waals surface area (Å²) in [6, 6.07) is 4.04. The van der Waals surface area contributed by atoms with Gasteiger partial charge in [-0.05, 0) is 25.5 Å². The molecule has 0 radical (unpaired) electrons. The normalized spacial score (nSPS) is 20.6. The van der Waals surface area contributed by atoms with E-state index in [9.17, 15) is 8.78 Å². The number of pyridine rings is 1. The molecule has 2 aromatic rings. The van der Waals surface area contributed by atoms with Crippen LogP contribution in [-0.2, 0) is 5.54 Å². The quantitative estimate of drug-likeness (QED) is 0.918. The molecule has 0 aliphatic carbocycles. The van der Waals surface area contributed by atoms with Crippen LogP contribution in [0.3, 0.4) is 0 Å². The third kappa shape index (κ3) is 3.08. The third-order valence-electron chi connectivity index (χ3n) is 4.09. The molecule has 0 fully saturated rings. The second-order valence-corrected chi connectivity index (χ2v) is 6.86. The number of halogens is 2. The molecular weight excluding hydrogens is 332 g/mol. The molecule has 0 saturated carbocycles. The van der Waals surface area contributed by atoms with Crippen LogP contribution in [-0.4, -0.2) is 23.0 Å². The molecule has 2 heterocycles. The maximum absolute atomic E-state index is 14.5. The lowest BCUT2D eigenvalue weighted by Crippen LogP contribution is -2.29. The van der Waals surface area contributed by atoms with Crippen molar-refractivity contribution in [3.05, 3.63) is 47.8 Å². The summed E-state index contributed by atoms with van der Waals surface area (Å²) in [6.07, 6.45) is 3.66. The van der Waals surface area contributed by atoms with E-state index in [1.807, 2.05) is 6.92 Å². The van der Waals surface area contributed by atoms with Crippen LogP contribution < -0.4 is 10.5 Å². The molecule has 0 saturated heterocycles. The summed E-state index contributed by atoms with van der Waals surface area (Å²) in [4.78, 5) is 8.43. The molecular formula is C17H17F2N3OS. The Kier molecular flexibility index (Phi) is 4.45. The summed E-state index contributed by atoms with van der Waals surface area (Å²) < 4.78 is 33.9. The number of amidine groups is 1. The zero-order valence-electron chi connectivity index (χ0n) is 13.3.